The first kappa shape index (κ1) is 78.0. The summed E-state index contributed by atoms with van der Waals surface area (Å²) in [6, 6.07) is -10.8. The molecule has 0 saturated carbocycles. The van der Waals surface area contributed by atoms with Gasteiger partial charge in [-0.1, -0.05) is 112 Å². The number of aliphatic hydroxyl groups is 4. The van der Waals surface area contributed by atoms with Gasteiger partial charge in [0.15, 0.2) is 24.2 Å². The van der Waals surface area contributed by atoms with E-state index >= 15 is 4.79 Å². The lowest BCUT2D eigenvalue weighted by molar-refractivity contribution is -0.159. The zero-order valence-corrected chi connectivity index (χ0v) is 53.0. The van der Waals surface area contributed by atoms with Crippen LogP contribution in [0, 0.1) is 35.0 Å². The first-order valence-electron chi connectivity index (χ1n) is 30.1. The molecule has 506 valence electrons. The number of hydrogen-bond donors (Lipinski definition) is 19. The van der Waals surface area contributed by atoms with Crippen molar-refractivity contribution < 1.29 is 82.7 Å². The van der Waals surface area contributed by atoms with Crippen LogP contribution >= 0.6 is 0 Å². The summed E-state index contributed by atoms with van der Waals surface area (Å²) in [6.07, 6.45) is -7.76. The lowest BCUT2D eigenvalue weighted by Crippen LogP contribution is -2.64. The molecular formula is C58H97N15O17. The van der Waals surface area contributed by atoms with Gasteiger partial charge in [-0.3, -0.25) is 58.1 Å². The Morgan fingerprint density at radius 1 is 0.667 bits per heavy atom. The molecule has 32 heteroatoms. The number of benzene rings is 1. The lowest BCUT2D eigenvalue weighted by atomic mass is 9.95. The summed E-state index contributed by atoms with van der Waals surface area (Å²) in [5, 5.41) is 78.2. The molecule has 0 bridgehead atoms. The normalized spacial score (nSPS) is 25.0. The number of rotatable bonds is 23. The Hall–Kier alpha value is -8.07. The summed E-state index contributed by atoms with van der Waals surface area (Å²) in [5.41, 5.74) is 17.0. The van der Waals surface area contributed by atoms with Gasteiger partial charge in [0.2, 0.25) is 65.0 Å². The van der Waals surface area contributed by atoms with Gasteiger partial charge in [-0.05, 0) is 67.8 Å². The Labute approximate surface area is 523 Å². The molecule has 0 aliphatic carbocycles. The van der Waals surface area contributed by atoms with E-state index in [0.29, 0.717) is 6.42 Å². The largest absolute Gasteiger partial charge is 0.453 e. The molecule has 0 aromatic heterocycles. The molecule has 1 fully saturated rings. The maximum absolute atomic E-state index is 15.3. The summed E-state index contributed by atoms with van der Waals surface area (Å²) in [5.74, 6) is -17.6. The first-order chi connectivity index (χ1) is 42.1. The molecule has 2 rings (SSSR count). The molecule has 1 saturated heterocycles. The van der Waals surface area contributed by atoms with E-state index < -0.39 is 187 Å². The van der Waals surface area contributed by atoms with Crippen molar-refractivity contribution in [2.45, 2.75) is 200 Å². The molecular weight excluding hydrogens is 1180 g/mol. The Balaban J connectivity index is 3.13. The Morgan fingerprint density at radius 3 is 1.76 bits per heavy atom. The number of carbonyl (C=O) groups is 12. The Morgan fingerprint density at radius 2 is 1.22 bits per heavy atom. The molecule has 0 spiro atoms. The van der Waals surface area contributed by atoms with Gasteiger partial charge >= 0.3 is 5.97 Å². The molecule has 22 N–H and O–H groups in total. The van der Waals surface area contributed by atoms with Crippen molar-refractivity contribution in [3.8, 4) is 0 Å². The molecule has 90 heavy (non-hydrogen) atoms. The van der Waals surface area contributed by atoms with Crippen LogP contribution < -0.4 is 75.7 Å². The molecule has 11 amide bonds. The monoisotopic (exact) mass is 1280 g/mol. The number of amides is 11. The highest BCUT2D eigenvalue weighted by Crippen LogP contribution is 2.25. The lowest BCUT2D eigenvalue weighted by Gasteiger charge is -2.34. The number of aliphatic hydroxyl groups excluding tert-OH is 4. The van der Waals surface area contributed by atoms with Crippen LogP contribution in [-0.4, -0.2) is 196 Å². The quantitative estimate of drug-likeness (QED) is 0.0211. The maximum atomic E-state index is 15.3. The van der Waals surface area contributed by atoms with Crippen LogP contribution in [0.2, 0.25) is 0 Å². The van der Waals surface area contributed by atoms with E-state index in [1.54, 1.807) is 55.4 Å². The number of esters is 1. The predicted molar refractivity (Wildman–Crippen MR) is 325 cm³/mol. The molecule has 2 unspecified atom stereocenters. The highest BCUT2D eigenvalue weighted by Gasteiger charge is 2.44. The van der Waals surface area contributed by atoms with E-state index in [4.69, 9.17) is 27.3 Å². The number of nitrogens with two attached hydrogens (primary N) is 3. The van der Waals surface area contributed by atoms with Crippen LogP contribution in [-0.2, 0) is 62.3 Å². The van der Waals surface area contributed by atoms with E-state index in [0.717, 1.165) is 6.92 Å². The van der Waals surface area contributed by atoms with Crippen molar-refractivity contribution >= 4 is 76.9 Å². The van der Waals surface area contributed by atoms with Gasteiger partial charge in [-0.2, -0.15) is 0 Å². The molecule has 0 radical (unpaired) electrons. The number of guanidine groups is 1. The number of cyclic esters (lactones) is 1. The van der Waals surface area contributed by atoms with Crippen LogP contribution in [0.25, 0.3) is 0 Å². The molecule has 16 atom stereocenters. The third kappa shape index (κ3) is 24.7. The van der Waals surface area contributed by atoms with Gasteiger partial charge in [0.1, 0.15) is 48.3 Å². The number of nitrogens with one attached hydrogen (secondary N) is 12. The minimum absolute atomic E-state index is 0.0148. The Kier molecular flexibility index (Phi) is 32.8. The van der Waals surface area contributed by atoms with Crippen molar-refractivity contribution in [1.82, 2.24) is 58.5 Å². The molecule has 1 aromatic carbocycles. The summed E-state index contributed by atoms with van der Waals surface area (Å²) in [4.78, 5) is 170. The maximum Gasteiger partial charge on any atom is 0.331 e. The van der Waals surface area contributed by atoms with E-state index in [1.165, 1.54) is 44.2 Å². The zero-order chi connectivity index (χ0) is 68.4. The summed E-state index contributed by atoms with van der Waals surface area (Å²) < 4.78 is 5.92. The van der Waals surface area contributed by atoms with Crippen molar-refractivity contribution in [2.75, 3.05) is 19.7 Å². The van der Waals surface area contributed by atoms with Crippen LogP contribution in [0.4, 0.5) is 0 Å². The summed E-state index contributed by atoms with van der Waals surface area (Å²) >= 11 is 0. The fourth-order valence-electron chi connectivity index (χ4n) is 9.16. The minimum Gasteiger partial charge on any atom is -0.453 e. The van der Waals surface area contributed by atoms with Crippen molar-refractivity contribution in [1.29, 1.82) is 5.41 Å². The standard InChI is InChI=1S/C58H97N15O17/c1-12-29(9)38(59)51(83)66-35(23-27(5)6)50(82)73-43-46(32-18-15-14-16-19-32)90-57(89)36(25-74)68-55(87)42(45(78)47(60)79)69-37(76)24-64-52(84)40(31(11)75)71-53(85)39(30(10)13-2)70-48(80)33(20-17-21-63-58(61)62)65-49(81)34(22-26(3)4)67-54(86)41(72-56(43)88)44(77)28(7)8/h14-16,18-19,26-31,33-36,38-46,74-75,77-78H,12-13,17,20-25,59H2,1-11H3,(H2,60,79)(H,64,84)(H,65,81)(H,66,83)(H,67,86)(H,68,87)(H,69,76)(H,70,80)(H,71,85)(H,72,88)(H,73,82)(H4,61,62,63)/t29-,30+,31+,33-,34+,35+,36+,38-,39?,40?,41+,42+,43+,44-,45+,46-/m1/s1. The second-order valence-electron chi connectivity index (χ2n) is 23.8. The number of carbonyl (C=O) groups excluding carboxylic acids is 12. The second-order valence-corrected chi connectivity index (χ2v) is 23.8. The van der Waals surface area contributed by atoms with Crippen molar-refractivity contribution in [3.63, 3.8) is 0 Å². The first-order valence-corrected chi connectivity index (χ1v) is 30.1. The van der Waals surface area contributed by atoms with Crippen LogP contribution in [0.15, 0.2) is 30.3 Å². The molecule has 1 aromatic rings. The van der Waals surface area contributed by atoms with Crippen LogP contribution in [0.3, 0.4) is 0 Å². The fraction of sp³-hybridized carbons (Fsp3) is 0.672. The number of ether oxygens (including phenoxy) is 1. The minimum atomic E-state index is -2.57. The van der Waals surface area contributed by atoms with E-state index in [1.807, 2.05) is 10.6 Å². The highest BCUT2D eigenvalue weighted by molar-refractivity contribution is 6.00. The average molecular weight is 1280 g/mol. The summed E-state index contributed by atoms with van der Waals surface area (Å²) in [6.45, 7) is 15.3. The SMILES string of the molecule is CC[C@@H](C)[C@@H](N)C(=O)N[C@@H](CC(C)C)C(=O)N[C@@H]1C(=O)N[C@@H]([C@H](O)C(C)C)C(=O)N[C@@H](CC(C)C)C(=O)N[C@H](CCCNC(=N)N)C(=O)NC([C@@H](C)CC)C(=O)NC([C@H](C)O)C(=O)NCC(=O)N[C@@H]([C@H](O)C(N)=O)C(=O)N[C@@H](CO)C(=O)O[C@@H]1c1ccccc1. The number of primary amides is 1. The fourth-order valence-corrected chi connectivity index (χ4v) is 9.16. The molecule has 1 aliphatic heterocycles. The van der Waals surface area contributed by atoms with E-state index in [9.17, 15) is 73.2 Å². The molecule has 1 aliphatic rings. The second kappa shape index (κ2) is 37.8. The van der Waals surface area contributed by atoms with Gasteiger partial charge in [-0.25, -0.2) is 4.79 Å². The highest BCUT2D eigenvalue weighted by atomic mass is 16.5. The van der Waals surface area contributed by atoms with Gasteiger partial charge in [0.05, 0.1) is 31.4 Å². The smallest absolute Gasteiger partial charge is 0.331 e. The van der Waals surface area contributed by atoms with Crippen molar-refractivity contribution in [2.24, 2.45) is 46.8 Å². The van der Waals surface area contributed by atoms with Gasteiger partial charge in [-0.15, -0.1) is 0 Å². The van der Waals surface area contributed by atoms with E-state index in [2.05, 4.69) is 47.9 Å². The van der Waals surface area contributed by atoms with Crippen LogP contribution in [0.5, 0.6) is 0 Å². The molecule has 32 nitrogen and oxygen atoms in total. The van der Waals surface area contributed by atoms with Crippen molar-refractivity contribution in [3.05, 3.63) is 35.9 Å². The van der Waals surface area contributed by atoms with Gasteiger partial charge < -0.3 is 101 Å². The number of hydrogen-bond acceptors (Lipinski definition) is 19. The molecule has 1 heterocycles. The van der Waals surface area contributed by atoms with Gasteiger partial charge in [0, 0.05) is 6.54 Å². The van der Waals surface area contributed by atoms with Crippen LogP contribution in [0.1, 0.15) is 126 Å². The zero-order valence-electron chi connectivity index (χ0n) is 53.0. The van der Waals surface area contributed by atoms with E-state index in [-0.39, 0.29) is 62.0 Å². The van der Waals surface area contributed by atoms with Gasteiger partial charge in [0.25, 0.3) is 0 Å². The third-order valence-corrected chi connectivity index (χ3v) is 15.0. The summed E-state index contributed by atoms with van der Waals surface area (Å²) in [7, 11) is 0. The Bertz CT molecular complexity index is 2630. The topological polar surface area (TPSA) is 529 Å². The third-order valence-electron chi connectivity index (χ3n) is 15.0. The predicted octanol–water partition coefficient (Wildman–Crippen LogP) is -5.22. The average Bonchev–Trinajstić information content (AvgIpc) is 1.19.